The molecule has 0 aliphatic rings. The standard InChI is InChI=1S/C16H13NO4S/c18-22(19,20)17-13-8-10-14(11-9-13)21-16-7-3-5-12-4-1-2-6-15(12)16/h1-11,17H,(H,18,19,20). The Balaban J connectivity index is 1.86. The molecule has 0 aliphatic heterocycles. The molecule has 0 aliphatic carbocycles. The lowest BCUT2D eigenvalue weighted by atomic mass is 10.1. The van der Waals surface area contributed by atoms with E-state index in [9.17, 15) is 8.42 Å². The van der Waals surface area contributed by atoms with Gasteiger partial charge in [0.25, 0.3) is 0 Å². The van der Waals surface area contributed by atoms with E-state index in [-0.39, 0.29) is 5.69 Å². The van der Waals surface area contributed by atoms with Crippen molar-refractivity contribution in [1.29, 1.82) is 0 Å². The van der Waals surface area contributed by atoms with Crippen LogP contribution in [0.25, 0.3) is 10.8 Å². The smallest absolute Gasteiger partial charge is 0.357 e. The molecule has 3 rings (SSSR count). The lowest BCUT2D eigenvalue weighted by molar-refractivity contribution is 0.487. The van der Waals surface area contributed by atoms with Crippen molar-refractivity contribution in [3.8, 4) is 11.5 Å². The highest BCUT2D eigenvalue weighted by atomic mass is 32.2. The highest BCUT2D eigenvalue weighted by Gasteiger charge is 2.05. The van der Waals surface area contributed by atoms with E-state index in [1.165, 1.54) is 12.1 Å². The van der Waals surface area contributed by atoms with Crippen molar-refractivity contribution in [3.05, 3.63) is 66.7 Å². The molecular formula is C16H13NO4S. The van der Waals surface area contributed by atoms with Crippen LogP contribution < -0.4 is 9.46 Å². The predicted octanol–water partition coefficient (Wildman–Crippen LogP) is 3.85. The van der Waals surface area contributed by atoms with Gasteiger partial charge in [-0.2, -0.15) is 8.42 Å². The van der Waals surface area contributed by atoms with Crippen molar-refractivity contribution in [2.75, 3.05) is 4.72 Å². The van der Waals surface area contributed by atoms with Crippen LogP contribution in [0.3, 0.4) is 0 Å². The number of hydrogen-bond acceptors (Lipinski definition) is 3. The summed E-state index contributed by atoms with van der Waals surface area (Å²) in [6.07, 6.45) is 0. The number of hydrogen-bond donors (Lipinski definition) is 2. The molecule has 2 N–H and O–H groups in total. The van der Waals surface area contributed by atoms with Gasteiger partial charge in [-0.1, -0.05) is 36.4 Å². The van der Waals surface area contributed by atoms with E-state index < -0.39 is 10.3 Å². The van der Waals surface area contributed by atoms with E-state index in [4.69, 9.17) is 9.29 Å². The summed E-state index contributed by atoms with van der Waals surface area (Å²) in [5.41, 5.74) is 0.257. The summed E-state index contributed by atoms with van der Waals surface area (Å²) < 4.78 is 38.0. The summed E-state index contributed by atoms with van der Waals surface area (Å²) in [4.78, 5) is 0. The molecule has 0 spiro atoms. The number of ether oxygens (including phenoxy) is 1. The Morgan fingerprint density at radius 3 is 2.27 bits per heavy atom. The van der Waals surface area contributed by atoms with Crippen molar-refractivity contribution >= 4 is 26.8 Å². The molecule has 0 atom stereocenters. The number of rotatable bonds is 4. The van der Waals surface area contributed by atoms with Crippen LogP contribution >= 0.6 is 0 Å². The van der Waals surface area contributed by atoms with Crippen LogP contribution in [0.4, 0.5) is 5.69 Å². The minimum absolute atomic E-state index is 0.257. The second kappa shape index (κ2) is 5.67. The van der Waals surface area contributed by atoms with E-state index in [0.717, 1.165) is 10.8 Å². The predicted molar refractivity (Wildman–Crippen MR) is 85.6 cm³/mol. The summed E-state index contributed by atoms with van der Waals surface area (Å²) in [6, 6.07) is 19.9. The first-order valence-corrected chi connectivity index (χ1v) is 7.96. The van der Waals surface area contributed by atoms with E-state index in [1.54, 1.807) is 12.1 Å². The van der Waals surface area contributed by atoms with Crippen molar-refractivity contribution in [1.82, 2.24) is 0 Å². The van der Waals surface area contributed by atoms with Crippen molar-refractivity contribution in [2.45, 2.75) is 0 Å². The first-order chi connectivity index (χ1) is 10.5. The highest BCUT2D eigenvalue weighted by molar-refractivity contribution is 7.87. The van der Waals surface area contributed by atoms with Gasteiger partial charge >= 0.3 is 10.3 Å². The van der Waals surface area contributed by atoms with Gasteiger partial charge in [0.1, 0.15) is 11.5 Å². The lowest BCUT2D eigenvalue weighted by Crippen LogP contribution is -2.09. The Kier molecular flexibility index (Phi) is 3.70. The number of nitrogens with one attached hydrogen (secondary N) is 1. The molecule has 6 heteroatoms. The fourth-order valence-corrected chi connectivity index (χ4v) is 2.59. The molecule has 3 aromatic rings. The molecule has 112 valence electrons. The lowest BCUT2D eigenvalue weighted by Gasteiger charge is -2.09. The van der Waals surface area contributed by atoms with Crippen LogP contribution in [0.1, 0.15) is 0 Å². The van der Waals surface area contributed by atoms with Crippen molar-refractivity contribution in [2.24, 2.45) is 0 Å². The Morgan fingerprint density at radius 1 is 0.864 bits per heavy atom. The normalized spacial score (nSPS) is 11.3. The van der Waals surface area contributed by atoms with Gasteiger partial charge in [-0.15, -0.1) is 0 Å². The second-order valence-corrected chi connectivity index (χ2v) is 5.84. The fraction of sp³-hybridized carbons (Fsp3) is 0. The summed E-state index contributed by atoms with van der Waals surface area (Å²) in [6.45, 7) is 0. The van der Waals surface area contributed by atoms with Crippen molar-refractivity contribution in [3.63, 3.8) is 0 Å². The molecule has 0 saturated carbocycles. The van der Waals surface area contributed by atoms with Gasteiger partial charge < -0.3 is 4.74 Å². The van der Waals surface area contributed by atoms with E-state index >= 15 is 0 Å². The molecule has 5 nitrogen and oxygen atoms in total. The zero-order valence-electron chi connectivity index (χ0n) is 11.4. The van der Waals surface area contributed by atoms with Crippen molar-refractivity contribution < 1.29 is 17.7 Å². The van der Waals surface area contributed by atoms with E-state index in [1.807, 2.05) is 47.2 Å². The van der Waals surface area contributed by atoms with Crippen LogP contribution in [0.2, 0.25) is 0 Å². The highest BCUT2D eigenvalue weighted by Crippen LogP contribution is 2.30. The maximum absolute atomic E-state index is 10.7. The third-order valence-corrected chi connectivity index (χ3v) is 3.57. The minimum atomic E-state index is -4.27. The van der Waals surface area contributed by atoms with E-state index in [0.29, 0.717) is 11.5 Å². The topological polar surface area (TPSA) is 75.6 Å². The molecule has 0 radical (unpaired) electrons. The average Bonchev–Trinajstić information content (AvgIpc) is 2.48. The van der Waals surface area contributed by atoms with Crippen LogP contribution in [0.15, 0.2) is 66.7 Å². The summed E-state index contributed by atoms with van der Waals surface area (Å²) in [5, 5.41) is 2.06. The summed E-state index contributed by atoms with van der Waals surface area (Å²) in [5.74, 6) is 1.28. The quantitative estimate of drug-likeness (QED) is 0.717. The van der Waals surface area contributed by atoms with Gasteiger partial charge in [0.2, 0.25) is 0 Å². The van der Waals surface area contributed by atoms with Crippen LogP contribution in [0.5, 0.6) is 11.5 Å². The van der Waals surface area contributed by atoms with Gasteiger partial charge in [-0.25, -0.2) is 0 Å². The van der Waals surface area contributed by atoms with Gasteiger partial charge in [-0.05, 0) is 35.7 Å². The molecule has 0 bridgehead atoms. The Hall–Kier alpha value is -2.57. The zero-order chi connectivity index (χ0) is 15.6. The average molecular weight is 315 g/mol. The third-order valence-electron chi connectivity index (χ3n) is 3.08. The molecule has 22 heavy (non-hydrogen) atoms. The third kappa shape index (κ3) is 3.36. The van der Waals surface area contributed by atoms with Gasteiger partial charge in [-0.3, -0.25) is 9.27 Å². The Labute approximate surface area is 128 Å². The maximum Gasteiger partial charge on any atom is 0.357 e. The van der Waals surface area contributed by atoms with Crippen LogP contribution in [0, 0.1) is 0 Å². The maximum atomic E-state index is 10.7. The summed E-state index contributed by atoms with van der Waals surface area (Å²) >= 11 is 0. The van der Waals surface area contributed by atoms with Gasteiger partial charge in [0, 0.05) is 5.39 Å². The molecule has 0 unspecified atom stereocenters. The zero-order valence-corrected chi connectivity index (χ0v) is 12.2. The molecule has 0 saturated heterocycles. The second-order valence-electron chi connectivity index (χ2n) is 4.68. The first-order valence-electron chi connectivity index (χ1n) is 6.52. The number of fused-ring (bicyclic) bond motifs is 1. The summed E-state index contributed by atoms with van der Waals surface area (Å²) in [7, 11) is -4.27. The number of benzene rings is 3. The van der Waals surface area contributed by atoms with E-state index in [2.05, 4.69) is 0 Å². The van der Waals surface area contributed by atoms with Gasteiger partial charge in [0.15, 0.2) is 0 Å². The molecule has 0 fully saturated rings. The Morgan fingerprint density at radius 2 is 1.55 bits per heavy atom. The molecule has 3 aromatic carbocycles. The number of anilines is 1. The monoisotopic (exact) mass is 315 g/mol. The molecule has 0 heterocycles. The SMILES string of the molecule is O=S(=O)(O)Nc1ccc(Oc2cccc3ccccc23)cc1. The van der Waals surface area contributed by atoms with Crippen LogP contribution in [-0.4, -0.2) is 13.0 Å². The molecular weight excluding hydrogens is 302 g/mol. The van der Waals surface area contributed by atoms with Gasteiger partial charge in [0.05, 0.1) is 5.69 Å². The fourth-order valence-electron chi connectivity index (χ4n) is 2.15. The Bertz CT molecular complexity index is 900. The molecule has 0 aromatic heterocycles. The van der Waals surface area contributed by atoms with Crippen LogP contribution in [-0.2, 0) is 10.3 Å². The largest absolute Gasteiger partial charge is 0.457 e. The molecule has 0 amide bonds. The minimum Gasteiger partial charge on any atom is -0.457 e. The first kappa shape index (κ1) is 14.4.